The quantitative estimate of drug-likeness (QED) is 0.759. The summed E-state index contributed by atoms with van der Waals surface area (Å²) in [5.74, 6) is 0.534. The molecule has 1 amide bonds. The van der Waals surface area contributed by atoms with E-state index in [2.05, 4.69) is 10.3 Å². The lowest BCUT2D eigenvalue weighted by Crippen LogP contribution is -2.13. The first-order chi connectivity index (χ1) is 12.2. The molecule has 0 spiro atoms. The summed E-state index contributed by atoms with van der Waals surface area (Å²) in [5.41, 5.74) is 1.72. The Kier molecular flexibility index (Phi) is 5.81. The van der Waals surface area contributed by atoms with Crippen LogP contribution in [0.25, 0.3) is 0 Å². The number of nitrogens with zero attached hydrogens (tertiary/aromatic N) is 1. The number of hydrogen-bond donors (Lipinski definition) is 1. The van der Waals surface area contributed by atoms with Gasteiger partial charge in [0.25, 0.3) is 0 Å². The van der Waals surface area contributed by atoms with Gasteiger partial charge >= 0.3 is 0 Å². The molecule has 6 heteroatoms. The minimum absolute atomic E-state index is 0.0448. The van der Waals surface area contributed by atoms with Gasteiger partial charge in [-0.15, -0.1) is 11.3 Å². The van der Waals surface area contributed by atoms with Crippen molar-refractivity contribution in [2.75, 3.05) is 11.9 Å². The fourth-order valence-corrected chi connectivity index (χ4v) is 3.93. The van der Waals surface area contributed by atoms with E-state index in [-0.39, 0.29) is 24.5 Å². The number of carbonyl (C=O) groups is 2. The Morgan fingerprint density at radius 1 is 1.16 bits per heavy atom. The molecule has 25 heavy (non-hydrogen) atoms. The van der Waals surface area contributed by atoms with Crippen LogP contribution in [0.1, 0.15) is 53.5 Å². The molecule has 1 aromatic heterocycles. The number of benzene rings is 1. The molecule has 0 saturated carbocycles. The van der Waals surface area contributed by atoms with Gasteiger partial charge in [-0.3, -0.25) is 9.59 Å². The number of aromatic nitrogens is 1. The van der Waals surface area contributed by atoms with Crippen molar-refractivity contribution in [3.8, 4) is 5.75 Å². The van der Waals surface area contributed by atoms with Crippen molar-refractivity contribution < 1.29 is 14.3 Å². The second-order valence-corrected chi connectivity index (χ2v) is 7.11. The zero-order chi connectivity index (χ0) is 17.6. The lowest BCUT2D eigenvalue weighted by Gasteiger charge is -2.06. The zero-order valence-electron chi connectivity index (χ0n) is 14.3. The molecule has 0 aliphatic heterocycles. The van der Waals surface area contributed by atoms with E-state index in [0.29, 0.717) is 17.3 Å². The molecule has 0 bridgehead atoms. The molecule has 3 rings (SSSR count). The molecule has 0 atom stereocenters. The molecule has 1 aliphatic carbocycles. The van der Waals surface area contributed by atoms with Gasteiger partial charge in [-0.25, -0.2) is 4.98 Å². The van der Waals surface area contributed by atoms with Crippen molar-refractivity contribution in [3.63, 3.8) is 0 Å². The summed E-state index contributed by atoms with van der Waals surface area (Å²) in [5, 5.41) is 3.49. The van der Waals surface area contributed by atoms with Crippen LogP contribution >= 0.6 is 11.3 Å². The first-order valence-corrected chi connectivity index (χ1v) is 9.52. The van der Waals surface area contributed by atoms with Crippen molar-refractivity contribution >= 4 is 28.2 Å². The van der Waals surface area contributed by atoms with E-state index in [1.54, 1.807) is 35.6 Å². The van der Waals surface area contributed by atoms with Crippen molar-refractivity contribution in [3.05, 3.63) is 40.4 Å². The third kappa shape index (κ3) is 4.66. The smallest absolute Gasteiger partial charge is 0.226 e. The maximum Gasteiger partial charge on any atom is 0.226 e. The van der Waals surface area contributed by atoms with Crippen LogP contribution in [0.2, 0.25) is 0 Å². The van der Waals surface area contributed by atoms with E-state index < -0.39 is 0 Å². The highest BCUT2D eigenvalue weighted by atomic mass is 32.1. The summed E-state index contributed by atoms with van der Waals surface area (Å²) in [4.78, 5) is 30.1. The van der Waals surface area contributed by atoms with E-state index in [1.807, 2.05) is 6.92 Å². The fourth-order valence-electron chi connectivity index (χ4n) is 2.86. The average Bonchev–Trinajstić information content (AvgIpc) is 3.02. The third-order valence-electron chi connectivity index (χ3n) is 4.16. The van der Waals surface area contributed by atoms with E-state index in [0.717, 1.165) is 24.3 Å². The zero-order valence-corrected chi connectivity index (χ0v) is 15.2. The number of amides is 1. The second-order valence-electron chi connectivity index (χ2n) is 6.02. The molecule has 2 aromatic rings. The molecule has 0 unspecified atom stereocenters. The van der Waals surface area contributed by atoms with Crippen LogP contribution in [-0.2, 0) is 17.6 Å². The minimum Gasteiger partial charge on any atom is -0.494 e. The topological polar surface area (TPSA) is 68.3 Å². The molecule has 0 radical (unpaired) electrons. The van der Waals surface area contributed by atoms with Crippen LogP contribution in [0, 0.1) is 0 Å². The lowest BCUT2D eigenvalue weighted by atomic mass is 10.0. The molecule has 1 N–H and O–H groups in total. The number of thiazole rings is 1. The fraction of sp³-hybridized carbons (Fsp3) is 0.421. The summed E-state index contributed by atoms with van der Waals surface area (Å²) < 4.78 is 5.36. The van der Waals surface area contributed by atoms with Crippen LogP contribution in [-0.4, -0.2) is 23.3 Å². The number of Topliss-reactive ketones (excluding diaryl/α,β-unsaturated/α-hetero) is 1. The standard InChI is InChI=1S/C19H22N2O3S/c1-2-24-14-9-7-13(8-10-14)16(22)11-12-18(23)21-19-20-15-5-3-4-6-17(15)25-19/h7-10H,2-6,11-12H2,1H3,(H,20,21,23). The summed E-state index contributed by atoms with van der Waals surface area (Å²) >= 11 is 1.56. The first kappa shape index (κ1) is 17.6. The lowest BCUT2D eigenvalue weighted by molar-refractivity contribution is -0.116. The SMILES string of the molecule is CCOc1ccc(C(=O)CCC(=O)Nc2nc3c(s2)CCCC3)cc1. The molecule has 1 aliphatic rings. The number of hydrogen-bond acceptors (Lipinski definition) is 5. The molecule has 0 fully saturated rings. The number of anilines is 1. The molecule has 1 heterocycles. The number of ether oxygens (including phenoxy) is 1. The summed E-state index contributed by atoms with van der Waals surface area (Å²) in [6.07, 6.45) is 4.76. The third-order valence-corrected chi connectivity index (χ3v) is 5.23. The van der Waals surface area contributed by atoms with Crippen molar-refractivity contribution in [2.24, 2.45) is 0 Å². The normalized spacial score (nSPS) is 13.2. The van der Waals surface area contributed by atoms with Gasteiger partial charge in [0.2, 0.25) is 5.91 Å². The van der Waals surface area contributed by atoms with Gasteiger partial charge in [-0.05, 0) is 56.9 Å². The summed E-state index contributed by atoms with van der Waals surface area (Å²) in [6, 6.07) is 7.02. The Labute approximate surface area is 151 Å². The van der Waals surface area contributed by atoms with Gasteiger partial charge in [0, 0.05) is 23.3 Å². The number of aryl methyl sites for hydroxylation is 2. The number of carbonyl (C=O) groups excluding carboxylic acids is 2. The summed E-state index contributed by atoms with van der Waals surface area (Å²) in [6.45, 7) is 2.50. The maximum absolute atomic E-state index is 12.2. The van der Waals surface area contributed by atoms with Gasteiger partial charge in [-0.2, -0.15) is 0 Å². The van der Waals surface area contributed by atoms with Gasteiger partial charge in [0.05, 0.1) is 12.3 Å². The van der Waals surface area contributed by atoms with Gasteiger partial charge in [-0.1, -0.05) is 0 Å². The Morgan fingerprint density at radius 2 is 1.92 bits per heavy atom. The van der Waals surface area contributed by atoms with Gasteiger partial charge < -0.3 is 10.1 Å². The Bertz CT molecular complexity index is 729. The molecule has 5 nitrogen and oxygen atoms in total. The Hall–Kier alpha value is -2.21. The van der Waals surface area contributed by atoms with E-state index >= 15 is 0 Å². The van der Waals surface area contributed by atoms with Crippen molar-refractivity contribution in [1.82, 2.24) is 4.98 Å². The predicted molar refractivity (Wildman–Crippen MR) is 98.6 cm³/mol. The van der Waals surface area contributed by atoms with E-state index in [9.17, 15) is 9.59 Å². The largest absolute Gasteiger partial charge is 0.494 e. The Balaban J connectivity index is 1.49. The highest BCUT2D eigenvalue weighted by Crippen LogP contribution is 2.29. The van der Waals surface area contributed by atoms with Gasteiger partial charge in [0.15, 0.2) is 10.9 Å². The maximum atomic E-state index is 12.2. The average molecular weight is 358 g/mol. The van der Waals surface area contributed by atoms with Crippen LogP contribution in [0.5, 0.6) is 5.75 Å². The van der Waals surface area contributed by atoms with Crippen LogP contribution in [0.15, 0.2) is 24.3 Å². The van der Waals surface area contributed by atoms with Gasteiger partial charge in [0.1, 0.15) is 5.75 Å². The van der Waals surface area contributed by atoms with Crippen molar-refractivity contribution in [2.45, 2.75) is 45.4 Å². The van der Waals surface area contributed by atoms with E-state index in [4.69, 9.17) is 4.74 Å². The minimum atomic E-state index is -0.162. The molecular weight excluding hydrogens is 336 g/mol. The van der Waals surface area contributed by atoms with Crippen LogP contribution in [0.4, 0.5) is 5.13 Å². The molecule has 1 aromatic carbocycles. The predicted octanol–water partition coefficient (Wildman–Crippen LogP) is 4.02. The number of fused-ring (bicyclic) bond motifs is 1. The molecular formula is C19H22N2O3S. The van der Waals surface area contributed by atoms with E-state index in [1.165, 1.54) is 17.7 Å². The monoisotopic (exact) mass is 358 g/mol. The number of ketones is 1. The van der Waals surface area contributed by atoms with Crippen molar-refractivity contribution in [1.29, 1.82) is 0 Å². The Morgan fingerprint density at radius 3 is 2.64 bits per heavy atom. The molecule has 0 saturated heterocycles. The number of nitrogens with one attached hydrogen (secondary N) is 1. The van der Waals surface area contributed by atoms with Crippen LogP contribution in [0.3, 0.4) is 0 Å². The first-order valence-electron chi connectivity index (χ1n) is 8.70. The summed E-state index contributed by atoms with van der Waals surface area (Å²) in [7, 11) is 0. The van der Waals surface area contributed by atoms with Crippen LogP contribution < -0.4 is 10.1 Å². The molecule has 132 valence electrons. The number of rotatable bonds is 7. The highest BCUT2D eigenvalue weighted by Gasteiger charge is 2.17. The second kappa shape index (κ2) is 8.25. The highest BCUT2D eigenvalue weighted by molar-refractivity contribution is 7.15.